The zero-order valence-corrected chi connectivity index (χ0v) is 68.1. The molecule has 1 aliphatic rings. The van der Waals surface area contributed by atoms with Crippen LogP contribution in [0.4, 0.5) is 22.2 Å². The SMILES string of the molecule is CCCCCCCCCCCCCCCCCC(=O)OCC(COP(=O)(O)OCCNC(=O)COCCOCCNC(=O)CCCC(=O)N1Cc2ccccc2/C(N)=C(/N(N)CCOc2ccc3nc(N=Nc4ccc(N(C)C)cc4)sc3c2)c2ccccc21)OC(=O)CCCCCCCCCCCCCCCCC. The van der Waals surface area contributed by atoms with Crippen LogP contribution < -0.4 is 36.7 Å². The third kappa shape index (κ3) is 37.8. The van der Waals surface area contributed by atoms with Crippen LogP contribution in [-0.4, -0.2) is 137 Å². The molecule has 6 rings (SSSR count). The summed E-state index contributed by atoms with van der Waals surface area (Å²) in [4.78, 5) is 84.4. The van der Waals surface area contributed by atoms with Crippen LogP contribution in [0.1, 0.15) is 255 Å². The van der Waals surface area contributed by atoms with E-state index < -0.39 is 38.4 Å². The van der Waals surface area contributed by atoms with Crippen LogP contribution in [-0.2, 0) is 63.1 Å². The normalized spacial score (nSPS) is 13.6. The molecule has 1 aromatic heterocycles. The van der Waals surface area contributed by atoms with Crippen LogP contribution in [0.15, 0.2) is 101 Å². The molecular weight excluding hydrogens is 1440 g/mol. The number of unbranched alkanes of at least 4 members (excludes halogenated alkanes) is 28. The minimum absolute atomic E-state index is 0.0718. The highest BCUT2D eigenvalue weighted by Gasteiger charge is 2.30. The van der Waals surface area contributed by atoms with Gasteiger partial charge in [0.1, 0.15) is 25.6 Å². The molecule has 24 nitrogen and oxygen atoms in total. The monoisotopic (exact) mass is 1560 g/mol. The molecule has 2 unspecified atom stereocenters. The number of carbonyl (C=O) groups excluding carboxylic acids is 5. The van der Waals surface area contributed by atoms with E-state index >= 15 is 0 Å². The topological polar surface area (TPSA) is 311 Å². The predicted octanol–water partition coefficient (Wildman–Crippen LogP) is 18.2. The first-order valence-corrected chi connectivity index (χ1v) is 43.2. The maximum absolute atomic E-state index is 14.3. The van der Waals surface area contributed by atoms with Crippen molar-refractivity contribution in [1.82, 2.24) is 20.6 Å². The first kappa shape index (κ1) is 91.5. The lowest BCUT2D eigenvalue weighted by Crippen LogP contribution is -2.38. The Bertz CT molecular complexity index is 3560. The van der Waals surface area contributed by atoms with Crippen molar-refractivity contribution in [2.75, 3.05) is 96.4 Å². The molecule has 2 heterocycles. The molecule has 110 heavy (non-hydrogen) atoms. The summed E-state index contributed by atoms with van der Waals surface area (Å²) >= 11 is 1.41. The predicted molar refractivity (Wildman–Crippen MR) is 439 cm³/mol. The Labute approximate surface area is 658 Å². The number of amides is 3. The number of ether oxygens (including phenoxy) is 5. The van der Waals surface area contributed by atoms with Crippen LogP contribution in [0.25, 0.3) is 21.6 Å². The molecule has 0 aliphatic carbocycles. The van der Waals surface area contributed by atoms with Crippen LogP contribution in [0.5, 0.6) is 5.75 Å². The molecule has 0 saturated heterocycles. The number of carbonyl (C=O) groups is 5. The van der Waals surface area contributed by atoms with Gasteiger partial charge in [-0.3, -0.25) is 33.0 Å². The number of aromatic nitrogens is 1. The van der Waals surface area contributed by atoms with Crippen molar-refractivity contribution in [3.63, 3.8) is 0 Å². The zero-order valence-electron chi connectivity index (χ0n) is 66.4. The second kappa shape index (κ2) is 55.1. The molecule has 0 saturated carbocycles. The number of azo groups is 1. The lowest BCUT2D eigenvalue weighted by molar-refractivity contribution is -0.161. The van der Waals surface area contributed by atoms with Crippen LogP contribution in [0.2, 0.25) is 0 Å². The number of nitrogens with zero attached hydrogens (tertiary/aromatic N) is 6. The molecule has 0 radical (unpaired) electrons. The summed E-state index contributed by atoms with van der Waals surface area (Å²) in [7, 11) is -0.728. The van der Waals surface area contributed by atoms with Gasteiger partial charge in [-0.2, -0.15) is 0 Å². The van der Waals surface area contributed by atoms with Crippen molar-refractivity contribution in [3.05, 3.63) is 108 Å². The van der Waals surface area contributed by atoms with Gasteiger partial charge in [0.15, 0.2) is 6.10 Å². The van der Waals surface area contributed by atoms with Crippen molar-refractivity contribution in [2.24, 2.45) is 21.8 Å². The number of fused-ring (bicyclic) bond motifs is 3. The number of phosphoric ester groups is 1. The number of nitrogens with two attached hydrogens (primary N) is 2. The minimum Gasteiger partial charge on any atom is -0.492 e. The molecule has 26 heteroatoms. The van der Waals surface area contributed by atoms with Crippen LogP contribution in [0.3, 0.4) is 0 Å². The number of hydrogen-bond acceptors (Lipinski definition) is 21. The van der Waals surface area contributed by atoms with E-state index in [1.165, 1.54) is 153 Å². The molecule has 2 atom stereocenters. The fourth-order valence-electron chi connectivity index (χ4n) is 13.0. The number of hydrazine groups is 1. The number of thiazole rings is 1. The first-order valence-electron chi connectivity index (χ1n) is 40.9. The Morgan fingerprint density at radius 2 is 1.15 bits per heavy atom. The molecule has 0 spiro atoms. The maximum Gasteiger partial charge on any atom is 0.472 e. The summed E-state index contributed by atoms with van der Waals surface area (Å²) in [5.41, 5.74) is 13.4. The molecule has 0 bridgehead atoms. The van der Waals surface area contributed by atoms with E-state index in [4.69, 9.17) is 44.3 Å². The molecular formula is C84H129N10O14PS. The van der Waals surface area contributed by atoms with Gasteiger partial charge in [-0.15, -0.1) is 10.2 Å². The van der Waals surface area contributed by atoms with Gasteiger partial charge in [-0.25, -0.2) is 15.4 Å². The van der Waals surface area contributed by atoms with Crippen molar-refractivity contribution in [3.8, 4) is 5.75 Å². The number of para-hydroxylation sites is 1. The number of rotatable bonds is 62. The van der Waals surface area contributed by atoms with E-state index in [2.05, 4.69) is 39.7 Å². The van der Waals surface area contributed by atoms with Crippen LogP contribution >= 0.6 is 19.2 Å². The second-order valence-electron chi connectivity index (χ2n) is 28.7. The number of phosphoric acid groups is 1. The molecule has 5 aromatic rings. The average molecular weight is 1570 g/mol. The lowest BCUT2D eigenvalue weighted by Gasteiger charge is -2.33. The third-order valence-corrected chi connectivity index (χ3v) is 21.2. The molecule has 4 aromatic carbocycles. The molecule has 1 aliphatic heterocycles. The summed E-state index contributed by atoms with van der Waals surface area (Å²) < 4.78 is 52.5. The Hall–Kier alpha value is -7.35. The number of anilines is 2. The number of benzene rings is 4. The average Bonchev–Trinajstić information content (AvgIpc) is 0.891. The van der Waals surface area contributed by atoms with Gasteiger partial charge < -0.3 is 59.8 Å². The minimum atomic E-state index is -4.69. The van der Waals surface area contributed by atoms with E-state index in [9.17, 15) is 33.4 Å². The number of nitrogens with one attached hydrogen (secondary N) is 2. The third-order valence-electron chi connectivity index (χ3n) is 19.3. The standard InChI is InChI=1S/C84H129N10O14PS/c1-5-7-9-11-13-15-17-19-21-23-25-27-29-31-33-46-80(98)105-64-71(108-81(99)47-34-32-30-28-26-24-22-20-18-16-14-12-10-8-6-2)65-107-109(100,101)106-58-55-88-78(96)66-103-61-60-102-57-54-87-77(95)44-39-45-79(97)93-63-67-40-35-36-41-72(67)82(85)83(73-42-37-38-43-75(73)93)94(86)56-59-104-70-52-53-74-76(62-70)110-84(89-74)91-90-68-48-50-69(51-49-68)92(3)4/h35-38,40-43,48-53,62,71H,5-34,39,44-47,54-61,63-66,85-86H2,1-4H3,(H,87,95)(H,88,96)(H,100,101)/b83-82-,91-90?. The summed E-state index contributed by atoms with van der Waals surface area (Å²) in [6, 6.07) is 28.5. The molecule has 610 valence electrons. The van der Waals surface area contributed by atoms with Gasteiger partial charge in [-0.1, -0.05) is 247 Å². The van der Waals surface area contributed by atoms with E-state index in [1.807, 2.05) is 110 Å². The van der Waals surface area contributed by atoms with Crippen molar-refractivity contribution < 1.29 is 66.2 Å². The number of hydrogen-bond donors (Lipinski definition) is 5. The first-order chi connectivity index (χ1) is 53.5. The lowest BCUT2D eigenvalue weighted by atomic mass is 9.95. The fourth-order valence-corrected chi connectivity index (χ4v) is 14.6. The smallest absolute Gasteiger partial charge is 0.472 e. The van der Waals surface area contributed by atoms with Gasteiger partial charge in [0, 0.05) is 69.7 Å². The van der Waals surface area contributed by atoms with Gasteiger partial charge in [0.2, 0.25) is 22.9 Å². The second-order valence-corrected chi connectivity index (χ2v) is 31.2. The summed E-state index contributed by atoms with van der Waals surface area (Å²) in [5, 5.41) is 16.2. The molecule has 3 amide bonds. The van der Waals surface area contributed by atoms with Crippen molar-refractivity contribution in [2.45, 2.75) is 251 Å². The van der Waals surface area contributed by atoms with Crippen molar-refractivity contribution >= 4 is 92.6 Å². The van der Waals surface area contributed by atoms with E-state index in [0.717, 1.165) is 71.2 Å². The number of esters is 2. The Balaban J connectivity index is 0.831. The van der Waals surface area contributed by atoms with Crippen LogP contribution in [0, 0.1) is 0 Å². The Morgan fingerprint density at radius 3 is 1.76 bits per heavy atom. The van der Waals surface area contributed by atoms with E-state index in [1.54, 1.807) is 9.91 Å². The highest BCUT2D eigenvalue weighted by molar-refractivity contribution is 7.47. The maximum atomic E-state index is 14.3. The quantitative estimate of drug-likeness (QED) is 0.00603. The fraction of sp³-hybridized carbons (Fsp3) is 0.619. The van der Waals surface area contributed by atoms with E-state index in [0.29, 0.717) is 46.4 Å². The summed E-state index contributed by atoms with van der Waals surface area (Å²) in [6.07, 6.45) is 35.8. The highest BCUT2D eigenvalue weighted by Crippen LogP contribution is 2.43. The highest BCUT2D eigenvalue weighted by atomic mass is 32.1. The summed E-state index contributed by atoms with van der Waals surface area (Å²) in [5.74, 6) is 5.64. The van der Waals surface area contributed by atoms with Gasteiger partial charge in [0.05, 0.1) is 79.1 Å². The van der Waals surface area contributed by atoms with E-state index in [-0.39, 0.29) is 116 Å². The largest absolute Gasteiger partial charge is 0.492 e. The Kier molecular flexibility index (Phi) is 45.9. The van der Waals surface area contributed by atoms with Gasteiger partial charge >= 0.3 is 19.8 Å². The summed E-state index contributed by atoms with van der Waals surface area (Å²) in [6.45, 7) is 4.03. The molecule has 7 N–H and O–H groups in total. The zero-order chi connectivity index (χ0) is 78.7. The Morgan fingerprint density at radius 1 is 0.591 bits per heavy atom. The molecule has 0 fully saturated rings. The van der Waals surface area contributed by atoms with Gasteiger partial charge in [-0.05, 0) is 73.4 Å². The van der Waals surface area contributed by atoms with Gasteiger partial charge in [0.25, 0.3) is 0 Å². The van der Waals surface area contributed by atoms with Crippen molar-refractivity contribution in [1.29, 1.82) is 0 Å².